The van der Waals surface area contributed by atoms with E-state index in [1.54, 1.807) is 108 Å². The van der Waals surface area contributed by atoms with Crippen LogP contribution in [0.3, 0.4) is 0 Å². The zero-order chi connectivity index (χ0) is 31.6. The van der Waals surface area contributed by atoms with Crippen LogP contribution in [-0.2, 0) is 19.1 Å². The van der Waals surface area contributed by atoms with Crippen molar-refractivity contribution in [3.8, 4) is 11.5 Å². The average molecular weight is 591 g/mol. The fourth-order valence-electron chi connectivity index (χ4n) is 3.98. The van der Waals surface area contributed by atoms with Gasteiger partial charge < -0.3 is 29.3 Å². The first kappa shape index (κ1) is 32.5. The number of likely N-dealkylation sites (N-methyl/N-ethyl adjacent to an activating group) is 2. The molecule has 11 heteroatoms. The lowest BCUT2D eigenvalue weighted by atomic mass is 10.2. The number of alkyl carbamates (subject to hydrolysis) is 1. The van der Waals surface area contributed by atoms with Crippen LogP contribution in [0.15, 0.2) is 78.9 Å². The van der Waals surface area contributed by atoms with Gasteiger partial charge in [-0.05, 0) is 57.2 Å². The summed E-state index contributed by atoms with van der Waals surface area (Å²) in [6, 6.07) is 22.6. The van der Waals surface area contributed by atoms with Crippen molar-refractivity contribution in [3.05, 3.63) is 78.9 Å². The number of anilines is 3. The lowest BCUT2D eigenvalue weighted by Gasteiger charge is -2.27. The third kappa shape index (κ3) is 9.22. The molecule has 0 radical (unpaired) electrons. The smallest absolute Gasteiger partial charge is 0.408 e. The topological polar surface area (TPSA) is 118 Å². The van der Waals surface area contributed by atoms with Crippen molar-refractivity contribution in [3.63, 3.8) is 0 Å². The highest BCUT2D eigenvalue weighted by molar-refractivity contribution is 6.05. The Balaban J connectivity index is 1.84. The normalized spacial score (nSPS) is 10.7. The summed E-state index contributed by atoms with van der Waals surface area (Å²) in [6.45, 7) is 3.95. The molecular weight excluding hydrogens is 552 g/mol. The molecule has 3 aromatic carbocycles. The molecule has 0 atom stereocenters. The molecule has 0 aliphatic rings. The van der Waals surface area contributed by atoms with Crippen molar-refractivity contribution in [2.45, 2.75) is 26.4 Å². The maximum absolute atomic E-state index is 13.5. The molecule has 0 bridgehead atoms. The van der Waals surface area contributed by atoms with E-state index in [1.165, 1.54) is 21.8 Å². The summed E-state index contributed by atoms with van der Waals surface area (Å²) >= 11 is 0. The zero-order valence-electron chi connectivity index (χ0n) is 25.3. The highest BCUT2D eigenvalue weighted by Crippen LogP contribution is 2.30. The number of nitrogens with zero attached hydrogens (tertiary/aromatic N) is 3. The predicted molar refractivity (Wildman–Crippen MR) is 165 cm³/mol. The van der Waals surface area contributed by atoms with E-state index in [0.717, 1.165) is 0 Å². The third-order valence-electron chi connectivity index (χ3n) is 6.22. The minimum absolute atomic E-state index is 0.199. The van der Waals surface area contributed by atoms with Crippen molar-refractivity contribution in [2.75, 3.05) is 55.6 Å². The number of hydrogen-bond acceptors (Lipinski definition) is 7. The van der Waals surface area contributed by atoms with Gasteiger partial charge in [0.25, 0.3) is 5.91 Å². The summed E-state index contributed by atoms with van der Waals surface area (Å²) in [5.74, 6) is -0.629. The Morgan fingerprint density at radius 1 is 0.721 bits per heavy atom. The Morgan fingerprint density at radius 2 is 1.30 bits per heavy atom. The molecule has 0 spiro atoms. The van der Waals surface area contributed by atoms with Gasteiger partial charge in [0.15, 0.2) is 6.61 Å². The highest BCUT2D eigenvalue weighted by atomic mass is 16.6. The molecule has 228 valence electrons. The molecule has 3 rings (SSSR count). The van der Waals surface area contributed by atoms with Crippen LogP contribution in [0.4, 0.5) is 21.9 Å². The van der Waals surface area contributed by atoms with Gasteiger partial charge in [-0.15, -0.1) is 0 Å². The first-order valence-corrected chi connectivity index (χ1v) is 13.6. The van der Waals surface area contributed by atoms with Gasteiger partial charge in [-0.1, -0.05) is 42.5 Å². The molecule has 0 aliphatic heterocycles. The Morgan fingerprint density at radius 3 is 1.93 bits per heavy atom. The summed E-state index contributed by atoms with van der Waals surface area (Å²) in [7, 11) is 4.73. The van der Waals surface area contributed by atoms with Crippen molar-refractivity contribution >= 4 is 40.9 Å². The van der Waals surface area contributed by atoms with Crippen LogP contribution >= 0.6 is 0 Å². The number of nitrogens with one attached hydrogen (secondary N) is 1. The molecule has 3 aromatic rings. The molecule has 0 fully saturated rings. The van der Waals surface area contributed by atoms with Crippen molar-refractivity contribution in [1.82, 2.24) is 5.32 Å². The van der Waals surface area contributed by atoms with Gasteiger partial charge >= 0.3 is 6.09 Å². The van der Waals surface area contributed by atoms with E-state index < -0.39 is 30.1 Å². The lowest BCUT2D eigenvalue weighted by Crippen LogP contribution is -2.46. The number of carbonyl (C=O) groups excluding carboxylic acids is 4. The van der Waals surface area contributed by atoms with Crippen LogP contribution < -0.4 is 29.5 Å². The maximum atomic E-state index is 13.5. The first-order chi connectivity index (χ1) is 20.4. The van der Waals surface area contributed by atoms with Gasteiger partial charge in [-0.3, -0.25) is 19.3 Å². The number of methoxy groups -OCH3 is 1. The fourth-order valence-corrected chi connectivity index (χ4v) is 3.98. The molecule has 0 aliphatic carbocycles. The summed E-state index contributed by atoms with van der Waals surface area (Å²) in [4.78, 5) is 56.2. The van der Waals surface area contributed by atoms with E-state index in [0.29, 0.717) is 17.1 Å². The number of hydrogen-bond donors (Lipinski definition) is 1. The van der Waals surface area contributed by atoms with E-state index in [1.807, 2.05) is 6.07 Å². The van der Waals surface area contributed by atoms with Gasteiger partial charge in [0.05, 0.1) is 18.5 Å². The van der Waals surface area contributed by atoms with Crippen LogP contribution in [0, 0.1) is 0 Å². The van der Waals surface area contributed by atoms with Crippen LogP contribution in [0.2, 0.25) is 0 Å². The van der Waals surface area contributed by atoms with E-state index >= 15 is 0 Å². The van der Waals surface area contributed by atoms with Crippen LogP contribution in [-0.4, -0.2) is 70.3 Å². The number of para-hydroxylation sites is 5. The van der Waals surface area contributed by atoms with Gasteiger partial charge in [-0.25, -0.2) is 4.79 Å². The monoisotopic (exact) mass is 590 g/mol. The molecule has 0 saturated carbocycles. The summed E-state index contributed by atoms with van der Waals surface area (Å²) < 4.78 is 16.5. The Labute approximate surface area is 251 Å². The standard InChI is InChI=1S/C32H38N4O7/c1-32(2,3)43-31(40)33-20-28(37)36(21-29(38)34(4)23-14-8-7-9-15-23)25-17-11-13-19-27(25)42-22-30(39)35(5)24-16-10-12-18-26(24)41-6/h7-19H,20-22H2,1-6H3,(H,33,40). The van der Waals surface area contributed by atoms with Gasteiger partial charge in [0.2, 0.25) is 11.8 Å². The molecule has 0 saturated heterocycles. The molecule has 11 nitrogen and oxygen atoms in total. The van der Waals surface area contributed by atoms with Crippen LogP contribution in [0.1, 0.15) is 20.8 Å². The molecule has 0 aromatic heterocycles. The number of benzene rings is 3. The summed E-state index contributed by atoms with van der Waals surface area (Å²) in [6.07, 6.45) is -0.775. The fraction of sp³-hybridized carbons (Fsp3) is 0.312. The molecule has 43 heavy (non-hydrogen) atoms. The third-order valence-corrected chi connectivity index (χ3v) is 6.22. The van der Waals surface area contributed by atoms with E-state index in [9.17, 15) is 19.2 Å². The second-order valence-corrected chi connectivity index (χ2v) is 10.5. The molecular formula is C32H38N4O7. The minimum Gasteiger partial charge on any atom is -0.495 e. The van der Waals surface area contributed by atoms with Crippen LogP contribution in [0.5, 0.6) is 11.5 Å². The molecule has 0 unspecified atom stereocenters. The van der Waals surface area contributed by atoms with E-state index in [4.69, 9.17) is 14.2 Å². The van der Waals surface area contributed by atoms with Gasteiger partial charge in [-0.2, -0.15) is 0 Å². The Bertz CT molecular complexity index is 1420. The number of carbonyl (C=O) groups is 4. The quantitative estimate of drug-likeness (QED) is 0.355. The second kappa shape index (κ2) is 14.7. The summed E-state index contributed by atoms with van der Waals surface area (Å²) in [5, 5.41) is 2.45. The maximum Gasteiger partial charge on any atom is 0.408 e. The van der Waals surface area contributed by atoms with E-state index in [2.05, 4.69) is 5.32 Å². The molecule has 1 N–H and O–H groups in total. The Hall–Kier alpha value is -5.06. The second-order valence-electron chi connectivity index (χ2n) is 10.5. The molecule has 0 heterocycles. The average Bonchev–Trinajstić information content (AvgIpc) is 3.00. The lowest BCUT2D eigenvalue weighted by molar-refractivity contribution is -0.122. The van der Waals surface area contributed by atoms with Crippen molar-refractivity contribution < 1.29 is 33.4 Å². The number of rotatable bonds is 11. The van der Waals surface area contributed by atoms with Gasteiger partial charge in [0, 0.05) is 19.8 Å². The molecule has 4 amide bonds. The van der Waals surface area contributed by atoms with Crippen LogP contribution in [0.25, 0.3) is 0 Å². The Kier molecular flexibility index (Phi) is 11.1. The zero-order valence-corrected chi connectivity index (χ0v) is 25.3. The van der Waals surface area contributed by atoms with Gasteiger partial charge in [0.1, 0.15) is 30.2 Å². The first-order valence-electron chi connectivity index (χ1n) is 13.6. The summed E-state index contributed by atoms with van der Waals surface area (Å²) in [5.41, 5.74) is 0.694. The largest absolute Gasteiger partial charge is 0.495 e. The highest BCUT2D eigenvalue weighted by Gasteiger charge is 2.26. The SMILES string of the molecule is COc1ccccc1N(C)C(=O)COc1ccccc1N(CC(=O)N(C)c1ccccc1)C(=O)CNC(=O)OC(C)(C)C. The van der Waals surface area contributed by atoms with E-state index in [-0.39, 0.29) is 30.5 Å². The number of ether oxygens (including phenoxy) is 3. The number of amides is 4. The van der Waals surface area contributed by atoms with Crippen molar-refractivity contribution in [1.29, 1.82) is 0 Å². The predicted octanol–water partition coefficient (Wildman–Crippen LogP) is 4.26. The van der Waals surface area contributed by atoms with Crippen molar-refractivity contribution in [2.24, 2.45) is 0 Å². The minimum atomic E-state index is -0.775.